The summed E-state index contributed by atoms with van der Waals surface area (Å²) in [6.45, 7) is 4.39. The van der Waals surface area contributed by atoms with Crippen molar-refractivity contribution in [2.24, 2.45) is 0 Å². The van der Waals surface area contributed by atoms with Crippen LogP contribution in [0, 0.1) is 0 Å². The minimum Gasteiger partial charge on any atom is -0.437 e. The van der Waals surface area contributed by atoms with Crippen molar-refractivity contribution in [3.8, 4) is 5.75 Å². The summed E-state index contributed by atoms with van der Waals surface area (Å²) in [6.07, 6.45) is 0.356. The van der Waals surface area contributed by atoms with Crippen LogP contribution in [0.2, 0.25) is 5.02 Å². The predicted octanol–water partition coefficient (Wildman–Crippen LogP) is 4.26. The SMILES string of the molecule is COC(=O)Oc1ccc2c(c1Cl)SCCC2(C)C. The number of ether oxygens (including phenoxy) is 2. The topological polar surface area (TPSA) is 35.5 Å². The van der Waals surface area contributed by atoms with Gasteiger partial charge >= 0.3 is 6.16 Å². The molecule has 0 atom stereocenters. The number of rotatable bonds is 1. The third kappa shape index (κ3) is 2.45. The summed E-state index contributed by atoms with van der Waals surface area (Å²) in [5, 5.41) is 0.496. The van der Waals surface area contributed by atoms with Crippen molar-refractivity contribution in [3.05, 3.63) is 22.7 Å². The van der Waals surface area contributed by atoms with Crippen molar-refractivity contribution in [3.63, 3.8) is 0 Å². The molecule has 1 aromatic rings. The molecule has 0 amide bonds. The second kappa shape index (κ2) is 5.02. The molecule has 5 heteroatoms. The maximum absolute atomic E-state index is 11.1. The first-order valence-electron chi connectivity index (χ1n) is 5.67. The molecule has 3 nitrogen and oxygen atoms in total. The van der Waals surface area contributed by atoms with Gasteiger partial charge in [-0.3, -0.25) is 0 Å². The smallest absolute Gasteiger partial charge is 0.437 e. The molecule has 0 radical (unpaired) electrons. The van der Waals surface area contributed by atoms with E-state index in [1.807, 2.05) is 6.07 Å². The molecule has 0 unspecified atom stereocenters. The summed E-state index contributed by atoms with van der Waals surface area (Å²) < 4.78 is 9.49. The van der Waals surface area contributed by atoms with E-state index in [1.165, 1.54) is 12.7 Å². The normalized spacial score (nSPS) is 16.9. The standard InChI is InChI=1S/C13H15ClO3S/c1-13(2)6-7-18-11-8(13)4-5-9(10(11)14)17-12(15)16-3/h4-5H,6-7H2,1-3H3. The zero-order valence-corrected chi connectivity index (χ0v) is 12.2. The highest BCUT2D eigenvalue weighted by Gasteiger charge is 2.30. The van der Waals surface area contributed by atoms with Crippen LogP contribution in [0.4, 0.5) is 4.79 Å². The lowest BCUT2D eigenvalue weighted by Crippen LogP contribution is -2.23. The zero-order chi connectivity index (χ0) is 13.3. The molecule has 18 heavy (non-hydrogen) atoms. The van der Waals surface area contributed by atoms with Gasteiger partial charge in [-0.15, -0.1) is 11.8 Å². The molecular weight excluding hydrogens is 272 g/mol. The number of benzene rings is 1. The summed E-state index contributed by atoms with van der Waals surface area (Å²) in [4.78, 5) is 12.1. The van der Waals surface area contributed by atoms with Crippen LogP contribution in [0.15, 0.2) is 17.0 Å². The van der Waals surface area contributed by atoms with Gasteiger partial charge in [-0.05, 0) is 29.2 Å². The molecule has 0 N–H and O–H groups in total. The Morgan fingerprint density at radius 1 is 1.44 bits per heavy atom. The Hall–Kier alpha value is -0.870. The Kier molecular flexibility index (Phi) is 3.78. The summed E-state index contributed by atoms with van der Waals surface area (Å²) in [7, 11) is 1.27. The lowest BCUT2D eigenvalue weighted by Gasteiger charge is -2.32. The van der Waals surface area contributed by atoms with Gasteiger partial charge in [-0.1, -0.05) is 31.5 Å². The second-order valence-corrected chi connectivity index (χ2v) is 6.28. The first-order chi connectivity index (χ1) is 8.45. The van der Waals surface area contributed by atoms with E-state index in [0.29, 0.717) is 10.8 Å². The number of fused-ring (bicyclic) bond motifs is 1. The lowest BCUT2D eigenvalue weighted by molar-refractivity contribution is 0.121. The summed E-state index contributed by atoms with van der Waals surface area (Å²) in [5.41, 5.74) is 1.31. The molecule has 0 aliphatic carbocycles. The average Bonchev–Trinajstić information content (AvgIpc) is 2.32. The van der Waals surface area contributed by atoms with Crippen molar-refractivity contribution in [1.82, 2.24) is 0 Å². The molecule has 0 spiro atoms. The highest BCUT2D eigenvalue weighted by molar-refractivity contribution is 7.99. The minimum atomic E-state index is -0.753. The van der Waals surface area contributed by atoms with E-state index >= 15 is 0 Å². The third-order valence-electron chi connectivity index (χ3n) is 3.12. The molecule has 1 aliphatic rings. The number of carbonyl (C=O) groups excluding carboxylic acids is 1. The minimum absolute atomic E-state index is 0.105. The maximum Gasteiger partial charge on any atom is 0.513 e. The fraction of sp³-hybridized carbons (Fsp3) is 0.462. The third-order valence-corrected chi connectivity index (χ3v) is 4.73. The van der Waals surface area contributed by atoms with Crippen molar-refractivity contribution < 1.29 is 14.3 Å². The van der Waals surface area contributed by atoms with Crippen molar-refractivity contribution in [2.75, 3.05) is 12.9 Å². The number of halogens is 1. The molecule has 2 rings (SSSR count). The predicted molar refractivity (Wildman–Crippen MR) is 72.9 cm³/mol. The van der Waals surface area contributed by atoms with Gasteiger partial charge in [-0.25, -0.2) is 4.79 Å². The van der Waals surface area contributed by atoms with Crippen LogP contribution in [0.25, 0.3) is 0 Å². The lowest BCUT2D eigenvalue weighted by atomic mass is 9.82. The van der Waals surface area contributed by atoms with Gasteiger partial charge in [0.15, 0.2) is 5.75 Å². The highest BCUT2D eigenvalue weighted by atomic mass is 35.5. The van der Waals surface area contributed by atoms with Gasteiger partial charge in [0.25, 0.3) is 0 Å². The highest BCUT2D eigenvalue weighted by Crippen LogP contribution is 2.47. The number of hydrogen-bond donors (Lipinski definition) is 0. The van der Waals surface area contributed by atoms with Crippen LogP contribution in [-0.4, -0.2) is 19.0 Å². The van der Waals surface area contributed by atoms with E-state index in [1.54, 1.807) is 17.8 Å². The van der Waals surface area contributed by atoms with E-state index in [0.717, 1.165) is 17.1 Å². The van der Waals surface area contributed by atoms with Gasteiger partial charge in [0.05, 0.1) is 12.1 Å². The second-order valence-electron chi connectivity index (χ2n) is 4.79. The average molecular weight is 287 g/mol. The van der Waals surface area contributed by atoms with Gasteiger partial charge in [0.1, 0.15) is 0 Å². The van der Waals surface area contributed by atoms with E-state index in [9.17, 15) is 4.79 Å². The van der Waals surface area contributed by atoms with Crippen LogP contribution in [0.3, 0.4) is 0 Å². The number of methoxy groups -OCH3 is 1. The zero-order valence-electron chi connectivity index (χ0n) is 10.6. The molecular formula is C13H15ClO3S. The number of thioether (sulfide) groups is 1. The molecule has 0 fully saturated rings. The van der Waals surface area contributed by atoms with Crippen molar-refractivity contribution >= 4 is 29.5 Å². The molecule has 0 bridgehead atoms. The maximum atomic E-state index is 11.1. The molecule has 1 heterocycles. The molecule has 98 valence electrons. The van der Waals surface area contributed by atoms with E-state index in [4.69, 9.17) is 16.3 Å². The quantitative estimate of drug-likeness (QED) is 0.571. The summed E-state index contributed by atoms with van der Waals surface area (Å²) in [6, 6.07) is 3.71. The van der Waals surface area contributed by atoms with Crippen molar-refractivity contribution in [2.45, 2.75) is 30.6 Å². The van der Waals surface area contributed by atoms with Crippen molar-refractivity contribution in [1.29, 1.82) is 0 Å². The Balaban J connectivity index is 2.41. The molecule has 0 saturated heterocycles. The summed E-state index contributed by atoms with van der Waals surface area (Å²) >= 11 is 8.00. The Bertz CT molecular complexity index is 485. The number of hydrogen-bond acceptors (Lipinski definition) is 4. The van der Waals surface area contributed by atoms with Gasteiger partial charge in [-0.2, -0.15) is 0 Å². The molecule has 0 saturated carbocycles. The number of carbonyl (C=O) groups is 1. The Morgan fingerprint density at radius 2 is 2.17 bits per heavy atom. The van der Waals surface area contributed by atoms with Crippen LogP contribution < -0.4 is 4.74 Å². The monoisotopic (exact) mass is 286 g/mol. The Labute approximate surface area is 116 Å². The molecule has 1 aliphatic heterocycles. The first-order valence-corrected chi connectivity index (χ1v) is 7.03. The van der Waals surface area contributed by atoms with Crippen LogP contribution in [0.5, 0.6) is 5.75 Å². The largest absolute Gasteiger partial charge is 0.513 e. The molecule has 0 aromatic heterocycles. The fourth-order valence-electron chi connectivity index (χ4n) is 1.97. The van der Waals surface area contributed by atoms with E-state index < -0.39 is 6.16 Å². The Morgan fingerprint density at radius 3 is 2.83 bits per heavy atom. The first kappa shape index (κ1) is 13.6. The van der Waals surface area contributed by atoms with Gasteiger partial charge < -0.3 is 9.47 Å². The van der Waals surface area contributed by atoms with E-state index in [-0.39, 0.29) is 5.41 Å². The van der Waals surface area contributed by atoms with Gasteiger partial charge in [0, 0.05) is 4.90 Å². The van der Waals surface area contributed by atoms with Crippen LogP contribution >= 0.6 is 23.4 Å². The fourth-order valence-corrected chi connectivity index (χ4v) is 3.88. The van der Waals surface area contributed by atoms with E-state index in [2.05, 4.69) is 18.6 Å². The molecule has 1 aromatic carbocycles. The summed E-state index contributed by atoms with van der Waals surface area (Å²) in [5.74, 6) is 1.37. The van der Waals surface area contributed by atoms with Crippen LogP contribution in [-0.2, 0) is 10.2 Å². The van der Waals surface area contributed by atoms with Gasteiger partial charge in [0.2, 0.25) is 0 Å². The van der Waals surface area contributed by atoms with Crippen LogP contribution in [0.1, 0.15) is 25.8 Å².